The number of hydrogen-bond donors (Lipinski definition) is 0. The average Bonchev–Trinajstić information content (AvgIpc) is 3.18. The van der Waals surface area contributed by atoms with E-state index in [0.29, 0.717) is 5.92 Å². The summed E-state index contributed by atoms with van der Waals surface area (Å²) in [5, 5.41) is 4.13. The minimum atomic E-state index is -0.656. The maximum atomic E-state index is 14.4. The van der Waals surface area contributed by atoms with Gasteiger partial charge >= 0.3 is 0 Å². The van der Waals surface area contributed by atoms with E-state index < -0.39 is 5.41 Å². The number of amides is 1. The number of likely N-dealkylation sites (tertiary alicyclic amines) is 1. The molecule has 1 unspecified atom stereocenters. The van der Waals surface area contributed by atoms with Gasteiger partial charge in [0.1, 0.15) is 5.41 Å². The van der Waals surface area contributed by atoms with Crippen LogP contribution >= 0.6 is 0 Å². The van der Waals surface area contributed by atoms with Crippen molar-refractivity contribution < 1.29 is 4.79 Å². The summed E-state index contributed by atoms with van der Waals surface area (Å²) in [7, 11) is 0. The number of para-hydroxylation sites is 1. The summed E-state index contributed by atoms with van der Waals surface area (Å²) >= 11 is 0. The lowest BCUT2D eigenvalue weighted by atomic mass is 9.72. The monoisotopic (exact) mass is 467 g/mol. The van der Waals surface area contributed by atoms with Crippen molar-refractivity contribution in [1.82, 2.24) is 9.91 Å². The van der Waals surface area contributed by atoms with Gasteiger partial charge in [0.25, 0.3) is 5.91 Å². The molecule has 5 rings (SSSR count). The Labute approximate surface area is 210 Å². The largest absolute Gasteiger partial charge is 0.303 e. The van der Waals surface area contributed by atoms with Crippen molar-refractivity contribution in [3.63, 3.8) is 0 Å². The summed E-state index contributed by atoms with van der Waals surface area (Å²) in [5.74, 6) is 0.829. The minimum absolute atomic E-state index is 0.188. The van der Waals surface area contributed by atoms with Gasteiger partial charge in [0.15, 0.2) is 0 Å². The SMILES string of the molecule is CCN(CC)N1C(=O)C(CCN2CCC(c3ccccc3)CC2)(c2ccccc2)c2ccccc21. The van der Waals surface area contributed by atoms with Crippen LogP contribution in [0, 0.1) is 0 Å². The molecule has 0 aliphatic carbocycles. The molecule has 0 saturated carbocycles. The molecule has 1 atom stereocenters. The minimum Gasteiger partial charge on any atom is -0.303 e. The molecule has 3 aromatic carbocycles. The third-order valence-corrected chi connectivity index (χ3v) is 8.09. The summed E-state index contributed by atoms with van der Waals surface area (Å²) in [6, 6.07) is 29.8. The summed E-state index contributed by atoms with van der Waals surface area (Å²) < 4.78 is 0. The summed E-state index contributed by atoms with van der Waals surface area (Å²) in [6.07, 6.45) is 3.15. The van der Waals surface area contributed by atoms with Crippen molar-refractivity contribution in [2.24, 2.45) is 0 Å². The van der Waals surface area contributed by atoms with Gasteiger partial charge in [-0.15, -0.1) is 0 Å². The van der Waals surface area contributed by atoms with Gasteiger partial charge in [-0.2, -0.15) is 0 Å². The van der Waals surface area contributed by atoms with Gasteiger partial charge in [-0.05, 0) is 67.6 Å². The Morgan fingerprint density at radius 2 is 1.43 bits per heavy atom. The Morgan fingerprint density at radius 1 is 0.829 bits per heavy atom. The molecule has 182 valence electrons. The van der Waals surface area contributed by atoms with Crippen LogP contribution in [-0.4, -0.2) is 48.5 Å². The summed E-state index contributed by atoms with van der Waals surface area (Å²) in [5.41, 5.74) is 4.08. The maximum Gasteiger partial charge on any atom is 0.256 e. The zero-order valence-corrected chi connectivity index (χ0v) is 21.1. The third kappa shape index (κ3) is 4.30. The Hall–Kier alpha value is -2.95. The second-order valence-corrected chi connectivity index (χ2v) is 9.82. The fourth-order valence-corrected chi connectivity index (χ4v) is 6.14. The second-order valence-electron chi connectivity index (χ2n) is 9.82. The van der Waals surface area contributed by atoms with Crippen LogP contribution < -0.4 is 5.01 Å². The molecule has 2 aliphatic rings. The molecule has 0 bridgehead atoms. The van der Waals surface area contributed by atoms with Crippen molar-refractivity contribution >= 4 is 11.6 Å². The van der Waals surface area contributed by atoms with E-state index in [4.69, 9.17) is 0 Å². The first-order valence-electron chi connectivity index (χ1n) is 13.2. The summed E-state index contributed by atoms with van der Waals surface area (Å²) in [6.45, 7) is 8.93. The predicted octanol–water partition coefficient (Wildman–Crippen LogP) is 5.85. The fraction of sp³-hybridized carbons (Fsp3) is 0.387. The highest BCUT2D eigenvalue weighted by Crippen LogP contribution is 2.49. The van der Waals surface area contributed by atoms with Crippen molar-refractivity contribution in [3.05, 3.63) is 102 Å². The first-order chi connectivity index (χ1) is 17.2. The van der Waals surface area contributed by atoms with Crippen molar-refractivity contribution in [1.29, 1.82) is 0 Å². The molecular formula is C31H37N3O. The molecule has 4 heteroatoms. The van der Waals surface area contributed by atoms with Gasteiger partial charge in [0.2, 0.25) is 0 Å². The number of rotatable bonds is 8. The van der Waals surface area contributed by atoms with Gasteiger partial charge in [-0.25, -0.2) is 10.0 Å². The molecule has 1 amide bonds. The van der Waals surface area contributed by atoms with Crippen molar-refractivity contribution in [3.8, 4) is 0 Å². The Balaban J connectivity index is 1.43. The van der Waals surface area contributed by atoms with Crippen LogP contribution in [0.5, 0.6) is 0 Å². The van der Waals surface area contributed by atoms with E-state index in [2.05, 4.69) is 103 Å². The van der Waals surface area contributed by atoms with Crippen LogP contribution in [0.2, 0.25) is 0 Å². The number of fused-ring (bicyclic) bond motifs is 1. The number of anilines is 1. The van der Waals surface area contributed by atoms with Crippen LogP contribution in [0.25, 0.3) is 0 Å². The highest BCUT2D eigenvalue weighted by Gasteiger charge is 2.53. The number of piperidine rings is 1. The lowest BCUT2D eigenvalue weighted by Gasteiger charge is -2.37. The van der Waals surface area contributed by atoms with E-state index in [0.717, 1.165) is 56.0 Å². The highest BCUT2D eigenvalue weighted by molar-refractivity contribution is 6.09. The maximum absolute atomic E-state index is 14.4. The average molecular weight is 468 g/mol. The predicted molar refractivity (Wildman–Crippen MR) is 144 cm³/mol. The third-order valence-electron chi connectivity index (χ3n) is 8.09. The second kappa shape index (κ2) is 10.3. The number of hydrazine groups is 1. The van der Waals surface area contributed by atoms with E-state index in [-0.39, 0.29) is 5.91 Å². The fourth-order valence-electron chi connectivity index (χ4n) is 6.14. The number of carbonyl (C=O) groups is 1. The Kier molecular flexibility index (Phi) is 7.03. The topological polar surface area (TPSA) is 26.8 Å². The van der Waals surface area contributed by atoms with Crippen molar-refractivity contribution in [2.45, 2.75) is 44.4 Å². The Morgan fingerprint density at radius 3 is 2.09 bits per heavy atom. The molecule has 0 N–H and O–H groups in total. The molecule has 3 aromatic rings. The lowest BCUT2D eigenvalue weighted by molar-refractivity contribution is -0.125. The van der Waals surface area contributed by atoms with Crippen LogP contribution in [0.3, 0.4) is 0 Å². The van der Waals surface area contributed by atoms with Crippen LogP contribution in [-0.2, 0) is 10.2 Å². The molecule has 1 fully saturated rings. The summed E-state index contributed by atoms with van der Waals surface area (Å²) in [4.78, 5) is 17.0. The van der Waals surface area contributed by atoms with Gasteiger partial charge in [-0.3, -0.25) is 4.79 Å². The first kappa shape index (κ1) is 23.8. The molecule has 0 aromatic heterocycles. The lowest BCUT2D eigenvalue weighted by Crippen LogP contribution is -2.51. The van der Waals surface area contributed by atoms with Gasteiger partial charge < -0.3 is 4.90 Å². The normalized spacial score (nSPS) is 21.0. The zero-order valence-electron chi connectivity index (χ0n) is 21.1. The number of benzene rings is 3. The quantitative estimate of drug-likeness (QED) is 0.416. The van der Waals surface area contributed by atoms with Gasteiger partial charge in [0, 0.05) is 13.1 Å². The van der Waals surface area contributed by atoms with Crippen LogP contribution in [0.15, 0.2) is 84.9 Å². The first-order valence-corrected chi connectivity index (χ1v) is 13.2. The van der Waals surface area contributed by atoms with E-state index in [1.165, 1.54) is 18.4 Å². The Bertz CT molecular complexity index is 1120. The highest BCUT2D eigenvalue weighted by atomic mass is 16.2. The van der Waals surface area contributed by atoms with Gasteiger partial charge in [-0.1, -0.05) is 92.7 Å². The molecule has 0 spiro atoms. The number of nitrogens with zero attached hydrogens (tertiary/aromatic N) is 3. The number of hydrogen-bond acceptors (Lipinski definition) is 3. The van der Waals surface area contributed by atoms with E-state index in [1.807, 2.05) is 11.1 Å². The van der Waals surface area contributed by atoms with Crippen molar-refractivity contribution in [2.75, 3.05) is 37.7 Å². The smallest absolute Gasteiger partial charge is 0.256 e. The standard InChI is InChI=1S/C31H37N3O/c1-3-33(4-2)34-29-18-12-11-17-28(29)31(30(34)35,27-15-9-6-10-16-27)21-24-32-22-19-26(20-23-32)25-13-7-5-8-14-25/h5-18,26H,3-4,19-24H2,1-2H3. The van der Waals surface area contributed by atoms with Gasteiger partial charge in [0.05, 0.1) is 5.69 Å². The van der Waals surface area contributed by atoms with E-state index in [1.54, 1.807) is 0 Å². The molecule has 2 aliphatic heterocycles. The molecule has 1 saturated heterocycles. The van der Waals surface area contributed by atoms with E-state index >= 15 is 0 Å². The van der Waals surface area contributed by atoms with E-state index in [9.17, 15) is 4.79 Å². The molecule has 35 heavy (non-hydrogen) atoms. The molecular weight excluding hydrogens is 430 g/mol. The molecule has 4 nitrogen and oxygen atoms in total. The van der Waals surface area contributed by atoms with Crippen LogP contribution in [0.4, 0.5) is 5.69 Å². The molecule has 0 radical (unpaired) electrons. The molecule has 2 heterocycles. The van der Waals surface area contributed by atoms with Crippen LogP contribution in [0.1, 0.15) is 55.7 Å². The number of carbonyl (C=O) groups excluding carboxylic acids is 1. The zero-order chi connectivity index (χ0) is 24.3.